The number of rotatable bonds is 4. The fraction of sp³-hybridized carbons (Fsp3) is 0.533. The lowest BCUT2D eigenvalue weighted by Gasteiger charge is -2.12. The third-order valence-corrected chi connectivity index (χ3v) is 3.83. The van der Waals surface area contributed by atoms with Crippen LogP contribution in [0.5, 0.6) is 0 Å². The molecule has 2 aromatic rings. The Bertz CT molecular complexity index is 622. The zero-order chi connectivity index (χ0) is 15.2. The predicted molar refractivity (Wildman–Crippen MR) is 98.7 cm³/mol. The molecule has 0 unspecified atom stereocenters. The number of hydrogen-bond acceptors (Lipinski definition) is 4. The van der Waals surface area contributed by atoms with E-state index in [4.69, 9.17) is 4.42 Å². The molecule has 0 saturated carbocycles. The van der Waals surface area contributed by atoms with Gasteiger partial charge in [0.25, 0.3) is 0 Å². The molecule has 8 heteroatoms. The minimum absolute atomic E-state index is 0. The first-order valence-corrected chi connectivity index (χ1v) is 7.74. The molecule has 0 aromatic carbocycles. The van der Waals surface area contributed by atoms with E-state index in [2.05, 4.69) is 30.4 Å². The Morgan fingerprint density at radius 1 is 1.26 bits per heavy atom. The summed E-state index contributed by atoms with van der Waals surface area (Å²) in [4.78, 5) is 4.21. The number of halogens is 1. The number of furan rings is 1. The molecule has 0 bridgehead atoms. The number of nitrogens with zero attached hydrogens (tertiary/aromatic N) is 4. The van der Waals surface area contributed by atoms with Crippen LogP contribution in [-0.4, -0.2) is 27.8 Å². The van der Waals surface area contributed by atoms with Gasteiger partial charge in [0.05, 0.1) is 19.4 Å². The summed E-state index contributed by atoms with van der Waals surface area (Å²) in [6, 6.07) is 3.80. The Morgan fingerprint density at radius 3 is 2.91 bits per heavy atom. The molecule has 23 heavy (non-hydrogen) atoms. The van der Waals surface area contributed by atoms with Crippen LogP contribution in [0.3, 0.4) is 0 Å². The first kappa shape index (κ1) is 17.8. The fourth-order valence-corrected chi connectivity index (χ4v) is 2.64. The average molecular weight is 430 g/mol. The van der Waals surface area contributed by atoms with E-state index in [0.29, 0.717) is 13.1 Å². The summed E-state index contributed by atoms with van der Waals surface area (Å²) in [6.07, 6.45) is 6.36. The molecule has 0 atom stereocenters. The molecule has 0 aliphatic carbocycles. The Morgan fingerprint density at radius 2 is 2.13 bits per heavy atom. The molecule has 2 N–H and O–H groups in total. The SMILES string of the molecule is CN=C(NCc1ccco1)NCc1nnc2n1CCCCC2.I. The van der Waals surface area contributed by atoms with Crippen molar-refractivity contribution in [1.29, 1.82) is 0 Å². The normalized spacial score (nSPS) is 14.6. The second-order valence-corrected chi connectivity index (χ2v) is 5.35. The molecule has 1 aliphatic rings. The number of aliphatic imine (C=N–C) groups is 1. The van der Waals surface area contributed by atoms with Crippen molar-refractivity contribution in [3.05, 3.63) is 35.8 Å². The van der Waals surface area contributed by atoms with Crippen molar-refractivity contribution >= 4 is 29.9 Å². The van der Waals surface area contributed by atoms with E-state index in [1.54, 1.807) is 13.3 Å². The molecule has 0 fully saturated rings. The van der Waals surface area contributed by atoms with Crippen molar-refractivity contribution < 1.29 is 4.42 Å². The van der Waals surface area contributed by atoms with Crippen molar-refractivity contribution in [3.63, 3.8) is 0 Å². The van der Waals surface area contributed by atoms with Gasteiger partial charge in [-0.15, -0.1) is 34.2 Å². The van der Waals surface area contributed by atoms with Crippen molar-refractivity contribution in [2.45, 2.75) is 45.3 Å². The van der Waals surface area contributed by atoms with Gasteiger partial charge in [-0.25, -0.2) is 0 Å². The van der Waals surface area contributed by atoms with Gasteiger partial charge < -0.3 is 19.6 Å². The maximum atomic E-state index is 5.30. The Kier molecular flexibility index (Phi) is 6.87. The topological polar surface area (TPSA) is 80.3 Å². The minimum atomic E-state index is 0. The summed E-state index contributed by atoms with van der Waals surface area (Å²) >= 11 is 0. The number of nitrogens with one attached hydrogen (secondary N) is 2. The highest BCUT2D eigenvalue weighted by Gasteiger charge is 2.14. The van der Waals surface area contributed by atoms with E-state index < -0.39 is 0 Å². The van der Waals surface area contributed by atoms with Gasteiger partial charge in [-0.05, 0) is 25.0 Å². The van der Waals surface area contributed by atoms with Crippen LogP contribution >= 0.6 is 24.0 Å². The Balaban J connectivity index is 0.00000192. The van der Waals surface area contributed by atoms with E-state index in [-0.39, 0.29) is 24.0 Å². The monoisotopic (exact) mass is 430 g/mol. The van der Waals surface area contributed by atoms with Crippen molar-refractivity contribution in [2.24, 2.45) is 4.99 Å². The lowest BCUT2D eigenvalue weighted by atomic mass is 10.2. The Hall–Kier alpha value is -1.58. The quantitative estimate of drug-likeness (QED) is 0.441. The van der Waals surface area contributed by atoms with Gasteiger partial charge >= 0.3 is 0 Å². The highest BCUT2D eigenvalue weighted by atomic mass is 127. The molecule has 0 saturated heterocycles. The van der Waals surface area contributed by atoms with E-state index in [9.17, 15) is 0 Å². The number of aryl methyl sites for hydroxylation is 1. The van der Waals surface area contributed by atoms with Crippen LogP contribution < -0.4 is 10.6 Å². The van der Waals surface area contributed by atoms with Crippen LogP contribution in [0.25, 0.3) is 0 Å². The first-order valence-electron chi connectivity index (χ1n) is 7.74. The molecule has 3 rings (SSSR count). The van der Waals surface area contributed by atoms with Crippen LogP contribution in [0.4, 0.5) is 0 Å². The van der Waals surface area contributed by atoms with Gasteiger partial charge in [-0.2, -0.15) is 0 Å². The van der Waals surface area contributed by atoms with Gasteiger partial charge in [0, 0.05) is 20.0 Å². The molecular formula is C15H23IN6O. The standard InChI is InChI=1S/C15H22N6O.HI/c1-16-15(17-10-12-6-5-9-22-12)18-11-14-20-19-13-7-3-2-4-8-21(13)14;/h5-6,9H,2-4,7-8,10-11H2,1H3,(H2,16,17,18);1H. The maximum absolute atomic E-state index is 5.30. The van der Waals surface area contributed by atoms with Crippen LogP contribution in [0.15, 0.2) is 27.8 Å². The molecule has 0 amide bonds. The second-order valence-electron chi connectivity index (χ2n) is 5.35. The molecule has 3 heterocycles. The van der Waals surface area contributed by atoms with Crippen molar-refractivity contribution in [1.82, 2.24) is 25.4 Å². The van der Waals surface area contributed by atoms with E-state index in [0.717, 1.165) is 36.3 Å². The van der Waals surface area contributed by atoms with Crippen LogP contribution in [0.1, 0.15) is 36.7 Å². The third kappa shape index (κ3) is 4.69. The maximum Gasteiger partial charge on any atom is 0.191 e. The molecule has 2 aromatic heterocycles. The summed E-state index contributed by atoms with van der Waals surface area (Å²) in [7, 11) is 1.75. The highest BCUT2D eigenvalue weighted by Crippen LogP contribution is 2.14. The summed E-state index contributed by atoms with van der Waals surface area (Å²) in [5.41, 5.74) is 0. The predicted octanol–water partition coefficient (Wildman–Crippen LogP) is 2.08. The molecule has 1 aliphatic heterocycles. The van der Waals surface area contributed by atoms with Crippen molar-refractivity contribution in [3.8, 4) is 0 Å². The lowest BCUT2D eigenvalue weighted by Crippen LogP contribution is -2.37. The van der Waals surface area contributed by atoms with Gasteiger partial charge in [0.2, 0.25) is 0 Å². The van der Waals surface area contributed by atoms with Crippen molar-refractivity contribution in [2.75, 3.05) is 7.05 Å². The zero-order valence-corrected chi connectivity index (χ0v) is 15.6. The summed E-state index contributed by atoms with van der Waals surface area (Å²) in [5.74, 6) is 3.67. The largest absolute Gasteiger partial charge is 0.467 e. The van der Waals surface area contributed by atoms with Crippen LogP contribution in [-0.2, 0) is 26.1 Å². The molecular weight excluding hydrogens is 407 g/mol. The number of fused-ring (bicyclic) bond motifs is 1. The smallest absolute Gasteiger partial charge is 0.191 e. The van der Waals surface area contributed by atoms with Gasteiger partial charge in [0.1, 0.15) is 11.6 Å². The van der Waals surface area contributed by atoms with Crippen LogP contribution in [0, 0.1) is 0 Å². The van der Waals surface area contributed by atoms with Gasteiger partial charge in [-0.3, -0.25) is 4.99 Å². The molecule has 0 spiro atoms. The zero-order valence-electron chi connectivity index (χ0n) is 13.3. The highest BCUT2D eigenvalue weighted by molar-refractivity contribution is 14.0. The molecule has 7 nitrogen and oxygen atoms in total. The number of aromatic nitrogens is 3. The van der Waals surface area contributed by atoms with Gasteiger partial charge in [0.15, 0.2) is 11.8 Å². The van der Waals surface area contributed by atoms with Crippen LogP contribution in [0.2, 0.25) is 0 Å². The first-order chi connectivity index (χ1) is 10.9. The summed E-state index contributed by atoms with van der Waals surface area (Å²) in [6.45, 7) is 2.23. The lowest BCUT2D eigenvalue weighted by molar-refractivity contribution is 0.501. The van der Waals surface area contributed by atoms with Gasteiger partial charge in [-0.1, -0.05) is 6.42 Å². The van der Waals surface area contributed by atoms with E-state index >= 15 is 0 Å². The number of hydrogen-bond donors (Lipinski definition) is 2. The molecule has 126 valence electrons. The minimum Gasteiger partial charge on any atom is -0.467 e. The second kappa shape index (κ2) is 8.90. The third-order valence-electron chi connectivity index (χ3n) is 3.83. The fourth-order valence-electron chi connectivity index (χ4n) is 2.64. The Labute approximate surface area is 153 Å². The summed E-state index contributed by atoms with van der Waals surface area (Å²) in [5, 5.41) is 15.1. The average Bonchev–Trinajstić information content (AvgIpc) is 3.13. The van der Waals surface area contributed by atoms with E-state index in [1.807, 2.05) is 12.1 Å². The summed E-state index contributed by atoms with van der Waals surface area (Å²) < 4.78 is 7.53. The molecule has 0 radical (unpaired) electrons. The van der Waals surface area contributed by atoms with E-state index in [1.165, 1.54) is 19.3 Å². The number of guanidine groups is 1.